The molecule has 0 aliphatic rings. The summed E-state index contributed by atoms with van der Waals surface area (Å²) in [5.74, 6) is -1.52. The van der Waals surface area contributed by atoms with Crippen LogP contribution in [0, 0.1) is 5.82 Å². The summed E-state index contributed by atoms with van der Waals surface area (Å²) in [7, 11) is -1.52. The SMILES string of the molecule is CCCN(CC(=O)OC)S(=O)(=O)c1ccc(OC)c(F)c1. The van der Waals surface area contributed by atoms with Crippen LogP contribution in [0.1, 0.15) is 13.3 Å². The first-order valence-electron chi connectivity index (χ1n) is 6.27. The number of esters is 1. The minimum atomic E-state index is -3.98. The predicted molar refractivity (Wildman–Crippen MR) is 74.0 cm³/mol. The van der Waals surface area contributed by atoms with Crippen LogP contribution >= 0.6 is 0 Å². The fraction of sp³-hybridized carbons (Fsp3) is 0.462. The number of sulfonamides is 1. The van der Waals surface area contributed by atoms with Crippen LogP contribution in [0.25, 0.3) is 0 Å². The second kappa shape index (κ2) is 7.37. The Hall–Kier alpha value is -1.67. The summed E-state index contributed by atoms with van der Waals surface area (Å²) >= 11 is 0. The molecule has 0 unspecified atom stereocenters. The van der Waals surface area contributed by atoms with Gasteiger partial charge in [0.15, 0.2) is 11.6 Å². The average molecular weight is 319 g/mol. The minimum absolute atomic E-state index is 0.0519. The molecule has 21 heavy (non-hydrogen) atoms. The van der Waals surface area contributed by atoms with E-state index in [1.54, 1.807) is 6.92 Å². The first-order chi connectivity index (χ1) is 9.86. The zero-order valence-corrected chi connectivity index (χ0v) is 12.9. The van der Waals surface area contributed by atoms with Gasteiger partial charge in [0.1, 0.15) is 6.54 Å². The molecule has 118 valence electrons. The molecule has 0 saturated heterocycles. The Morgan fingerprint density at radius 1 is 1.33 bits per heavy atom. The summed E-state index contributed by atoms with van der Waals surface area (Å²) in [6.07, 6.45) is 0.509. The molecule has 6 nitrogen and oxygen atoms in total. The van der Waals surface area contributed by atoms with Gasteiger partial charge >= 0.3 is 5.97 Å². The molecule has 0 saturated carbocycles. The van der Waals surface area contributed by atoms with E-state index in [1.807, 2.05) is 0 Å². The molecule has 0 aliphatic carbocycles. The van der Waals surface area contributed by atoms with Crippen molar-refractivity contribution in [3.05, 3.63) is 24.0 Å². The molecular weight excluding hydrogens is 301 g/mol. The van der Waals surface area contributed by atoms with Gasteiger partial charge in [-0.15, -0.1) is 0 Å². The molecule has 0 radical (unpaired) electrons. The van der Waals surface area contributed by atoms with Crippen molar-refractivity contribution in [2.24, 2.45) is 0 Å². The molecule has 0 fully saturated rings. The highest BCUT2D eigenvalue weighted by Crippen LogP contribution is 2.23. The maximum Gasteiger partial charge on any atom is 0.321 e. The second-order valence-corrected chi connectivity index (χ2v) is 6.15. The molecule has 0 bridgehead atoms. The third-order valence-electron chi connectivity index (χ3n) is 2.77. The number of hydrogen-bond donors (Lipinski definition) is 0. The fourth-order valence-electron chi connectivity index (χ4n) is 1.70. The van der Waals surface area contributed by atoms with Crippen LogP contribution in [-0.2, 0) is 19.6 Å². The normalized spacial score (nSPS) is 11.5. The summed E-state index contributed by atoms with van der Waals surface area (Å²) in [6.45, 7) is 1.49. The van der Waals surface area contributed by atoms with Gasteiger partial charge in [0, 0.05) is 6.54 Å². The first kappa shape index (κ1) is 17.4. The Morgan fingerprint density at radius 2 is 2.00 bits per heavy atom. The van der Waals surface area contributed by atoms with E-state index in [2.05, 4.69) is 4.74 Å². The van der Waals surface area contributed by atoms with Crippen LogP contribution in [0.3, 0.4) is 0 Å². The molecule has 0 spiro atoms. The lowest BCUT2D eigenvalue weighted by atomic mass is 10.3. The summed E-state index contributed by atoms with van der Waals surface area (Å²) in [5.41, 5.74) is 0. The molecule has 0 aromatic heterocycles. The second-order valence-electron chi connectivity index (χ2n) is 4.21. The average Bonchev–Trinajstić information content (AvgIpc) is 2.46. The fourth-order valence-corrected chi connectivity index (χ4v) is 3.19. The summed E-state index contributed by atoms with van der Waals surface area (Å²) in [6, 6.07) is 3.33. The zero-order valence-electron chi connectivity index (χ0n) is 12.1. The maximum absolute atomic E-state index is 13.7. The predicted octanol–water partition coefficient (Wildman–Crippen LogP) is 1.41. The molecule has 0 N–H and O–H groups in total. The molecule has 8 heteroatoms. The molecular formula is C13H18FNO5S. The van der Waals surface area contributed by atoms with Crippen molar-refractivity contribution in [3.63, 3.8) is 0 Å². The van der Waals surface area contributed by atoms with Gasteiger partial charge in [0.2, 0.25) is 10.0 Å². The molecule has 0 aliphatic heterocycles. The van der Waals surface area contributed by atoms with Gasteiger partial charge in [-0.25, -0.2) is 12.8 Å². The van der Waals surface area contributed by atoms with Crippen LogP contribution in [0.5, 0.6) is 5.75 Å². The number of nitrogens with zero attached hydrogens (tertiary/aromatic N) is 1. The van der Waals surface area contributed by atoms with E-state index < -0.39 is 28.4 Å². The Kier molecular flexibility index (Phi) is 6.10. The largest absolute Gasteiger partial charge is 0.494 e. The van der Waals surface area contributed by atoms with Crippen LogP contribution in [0.2, 0.25) is 0 Å². The van der Waals surface area contributed by atoms with E-state index in [4.69, 9.17) is 4.74 Å². The smallest absolute Gasteiger partial charge is 0.321 e. The summed E-state index contributed by atoms with van der Waals surface area (Å²) < 4.78 is 48.7. The van der Waals surface area contributed by atoms with Crippen molar-refractivity contribution in [2.75, 3.05) is 27.3 Å². The van der Waals surface area contributed by atoms with Crippen molar-refractivity contribution in [1.29, 1.82) is 0 Å². The summed E-state index contributed by atoms with van der Waals surface area (Å²) in [4.78, 5) is 11.1. The van der Waals surface area contributed by atoms with Crippen molar-refractivity contribution < 1.29 is 27.1 Å². The first-order valence-corrected chi connectivity index (χ1v) is 7.71. The molecule has 0 amide bonds. The number of rotatable bonds is 7. The summed E-state index contributed by atoms with van der Waals surface area (Å²) in [5, 5.41) is 0. The topological polar surface area (TPSA) is 72.9 Å². The Labute approximate surface area is 123 Å². The lowest BCUT2D eigenvalue weighted by Gasteiger charge is -2.20. The Bertz CT molecular complexity index is 603. The van der Waals surface area contributed by atoms with Crippen LogP contribution in [0.4, 0.5) is 4.39 Å². The monoisotopic (exact) mass is 319 g/mol. The van der Waals surface area contributed by atoms with Crippen molar-refractivity contribution in [3.8, 4) is 5.75 Å². The third kappa shape index (κ3) is 4.15. The lowest BCUT2D eigenvalue weighted by Crippen LogP contribution is -2.36. The quantitative estimate of drug-likeness (QED) is 0.711. The van der Waals surface area contributed by atoms with Gasteiger partial charge in [-0.3, -0.25) is 4.79 Å². The van der Waals surface area contributed by atoms with Gasteiger partial charge in [0.25, 0.3) is 0 Å². The molecule has 1 aromatic carbocycles. The Balaban J connectivity index is 3.16. The standard InChI is InChI=1S/C13H18FNO5S/c1-4-7-15(9-13(16)20-3)21(17,18)10-5-6-12(19-2)11(14)8-10/h5-6,8H,4,7,9H2,1-3H3. The van der Waals surface area contributed by atoms with Crippen molar-refractivity contribution in [1.82, 2.24) is 4.31 Å². The zero-order chi connectivity index (χ0) is 16.0. The highest BCUT2D eigenvalue weighted by Gasteiger charge is 2.27. The number of carbonyl (C=O) groups is 1. The van der Waals surface area contributed by atoms with Crippen LogP contribution in [-0.4, -0.2) is 46.0 Å². The number of halogens is 1. The van der Waals surface area contributed by atoms with Gasteiger partial charge in [-0.05, 0) is 24.6 Å². The molecule has 0 heterocycles. The van der Waals surface area contributed by atoms with Crippen LogP contribution in [0.15, 0.2) is 23.1 Å². The minimum Gasteiger partial charge on any atom is -0.494 e. The van der Waals surface area contributed by atoms with E-state index in [-0.39, 0.29) is 17.2 Å². The van der Waals surface area contributed by atoms with Crippen molar-refractivity contribution in [2.45, 2.75) is 18.2 Å². The van der Waals surface area contributed by atoms with E-state index in [0.29, 0.717) is 6.42 Å². The number of carbonyl (C=O) groups excluding carboxylic acids is 1. The van der Waals surface area contributed by atoms with Gasteiger partial charge in [-0.2, -0.15) is 4.31 Å². The molecule has 1 rings (SSSR count). The van der Waals surface area contributed by atoms with Gasteiger partial charge in [0.05, 0.1) is 19.1 Å². The van der Waals surface area contributed by atoms with E-state index in [1.165, 1.54) is 26.4 Å². The van der Waals surface area contributed by atoms with Crippen molar-refractivity contribution >= 4 is 16.0 Å². The lowest BCUT2D eigenvalue weighted by molar-refractivity contribution is -0.140. The highest BCUT2D eigenvalue weighted by molar-refractivity contribution is 7.89. The van der Waals surface area contributed by atoms with E-state index in [9.17, 15) is 17.6 Å². The van der Waals surface area contributed by atoms with E-state index >= 15 is 0 Å². The maximum atomic E-state index is 13.7. The number of benzene rings is 1. The van der Waals surface area contributed by atoms with Gasteiger partial charge < -0.3 is 9.47 Å². The van der Waals surface area contributed by atoms with Gasteiger partial charge in [-0.1, -0.05) is 6.92 Å². The third-order valence-corrected chi connectivity index (χ3v) is 4.61. The number of methoxy groups -OCH3 is 2. The highest BCUT2D eigenvalue weighted by atomic mass is 32.2. The number of hydrogen-bond acceptors (Lipinski definition) is 5. The van der Waals surface area contributed by atoms with Crippen LogP contribution < -0.4 is 4.74 Å². The number of ether oxygens (including phenoxy) is 2. The van der Waals surface area contributed by atoms with E-state index in [0.717, 1.165) is 10.4 Å². The molecule has 0 atom stereocenters. The molecule has 1 aromatic rings. The Morgan fingerprint density at radius 3 is 2.48 bits per heavy atom.